The van der Waals surface area contributed by atoms with E-state index in [1.54, 1.807) is 12.1 Å². The zero-order valence-electron chi connectivity index (χ0n) is 17.3. The van der Waals surface area contributed by atoms with E-state index in [2.05, 4.69) is 13.8 Å². The summed E-state index contributed by atoms with van der Waals surface area (Å²) in [7, 11) is -3.79. The molecular weight excluding hydrogens is 384 g/mol. The Morgan fingerprint density at radius 2 is 1.69 bits per heavy atom. The summed E-state index contributed by atoms with van der Waals surface area (Å²) in [6, 6.07) is 5.01. The van der Waals surface area contributed by atoms with Gasteiger partial charge in [-0.15, -0.1) is 0 Å². The highest BCUT2D eigenvalue weighted by atomic mass is 32.2. The Morgan fingerprint density at radius 1 is 1.10 bits per heavy atom. The number of fused-ring (bicyclic) bond motifs is 1. The maximum Gasteiger partial charge on any atom is 0.238 e. The van der Waals surface area contributed by atoms with Gasteiger partial charge in [0.25, 0.3) is 0 Å². The van der Waals surface area contributed by atoms with Gasteiger partial charge in [-0.05, 0) is 94.2 Å². The molecule has 29 heavy (non-hydrogen) atoms. The number of primary sulfonamides is 1. The fourth-order valence-electron chi connectivity index (χ4n) is 7.01. The van der Waals surface area contributed by atoms with Crippen LogP contribution in [-0.2, 0) is 21.2 Å². The number of nitrogens with two attached hydrogens (primary N) is 1. The average molecular weight is 415 g/mol. The smallest absolute Gasteiger partial charge is 0.238 e. The summed E-state index contributed by atoms with van der Waals surface area (Å²) in [5.41, 5.74) is 2.10. The molecule has 0 atom stereocenters. The number of aliphatic imine (C=N–C) groups is 1. The van der Waals surface area contributed by atoms with E-state index in [-0.39, 0.29) is 15.8 Å². The lowest BCUT2D eigenvalue weighted by molar-refractivity contribution is -0.142. The molecule has 5 nitrogen and oxygen atoms in total. The first-order valence-electron chi connectivity index (χ1n) is 10.8. The molecule has 1 aromatic rings. The van der Waals surface area contributed by atoms with E-state index in [1.807, 2.05) is 6.07 Å². The molecule has 0 saturated heterocycles. The van der Waals surface area contributed by atoms with Gasteiger partial charge < -0.3 is 0 Å². The van der Waals surface area contributed by atoms with Crippen molar-refractivity contribution in [2.75, 3.05) is 0 Å². The van der Waals surface area contributed by atoms with Crippen LogP contribution in [0.4, 0.5) is 0 Å². The third-order valence-corrected chi connectivity index (χ3v) is 8.65. The molecule has 1 heterocycles. The summed E-state index contributed by atoms with van der Waals surface area (Å²) in [6.45, 7) is 4.14. The van der Waals surface area contributed by atoms with Crippen LogP contribution < -0.4 is 5.14 Å². The molecule has 0 amide bonds. The highest BCUT2D eigenvalue weighted by Crippen LogP contribution is 2.60. The second-order valence-corrected chi connectivity index (χ2v) is 12.3. The van der Waals surface area contributed by atoms with Crippen LogP contribution in [0.1, 0.15) is 69.9 Å². The molecule has 4 saturated carbocycles. The lowest BCUT2D eigenvalue weighted by Crippen LogP contribution is -2.50. The third kappa shape index (κ3) is 3.38. The molecule has 6 heteroatoms. The minimum absolute atomic E-state index is 0.0888. The van der Waals surface area contributed by atoms with Crippen molar-refractivity contribution in [3.8, 4) is 0 Å². The second kappa shape index (κ2) is 6.24. The standard InChI is InChI=1S/C23H30N2O3S/c1-22(2)13-17-3-4-18(29(24,27)28)8-19(17)20(25-22)9-21(26)23-10-14-5-15(11-23)7-16(6-14)12-23/h3-4,8,14-16H,5-7,9-13H2,1-2H3,(H2,24,27,28). The average Bonchev–Trinajstić information content (AvgIpc) is 2.58. The Labute approximate surface area is 173 Å². The number of benzene rings is 1. The fourth-order valence-corrected chi connectivity index (χ4v) is 7.55. The van der Waals surface area contributed by atoms with Gasteiger partial charge in [0.1, 0.15) is 5.78 Å². The Hall–Kier alpha value is -1.53. The molecule has 4 fully saturated rings. The maximum atomic E-state index is 13.6. The molecule has 0 spiro atoms. The molecule has 1 aliphatic heterocycles. The normalized spacial score (nSPS) is 34.6. The first-order chi connectivity index (χ1) is 13.5. The molecular formula is C23H30N2O3S. The predicted molar refractivity (Wildman–Crippen MR) is 112 cm³/mol. The fraction of sp³-hybridized carbons (Fsp3) is 0.652. The monoisotopic (exact) mass is 414 g/mol. The van der Waals surface area contributed by atoms with Gasteiger partial charge in [-0.1, -0.05) is 6.07 Å². The van der Waals surface area contributed by atoms with Crippen LogP contribution in [-0.4, -0.2) is 25.5 Å². The number of rotatable bonds is 4. The van der Waals surface area contributed by atoms with Crippen LogP contribution in [0.5, 0.6) is 0 Å². The van der Waals surface area contributed by atoms with E-state index in [0.717, 1.165) is 60.3 Å². The van der Waals surface area contributed by atoms with E-state index >= 15 is 0 Å². The van der Waals surface area contributed by atoms with Crippen molar-refractivity contribution >= 4 is 21.5 Å². The summed E-state index contributed by atoms with van der Waals surface area (Å²) in [6.07, 6.45) is 8.07. The van der Waals surface area contributed by atoms with Gasteiger partial charge in [0.05, 0.1) is 16.1 Å². The van der Waals surface area contributed by atoms with Gasteiger partial charge in [0.15, 0.2) is 0 Å². The molecule has 1 aromatic carbocycles. The van der Waals surface area contributed by atoms with E-state index in [0.29, 0.717) is 12.2 Å². The Balaban J connectivity index is 1.49. The molecule has 0 aromatic heterocycles. The second-order valence-electron chi connectivity index (χ2n) is 10.7. The Kier molecular flexibility index (Phi) is 4.18. The number of ketones is 1. The zero-order chi connectivity index (χ0) is 20.6. The molecule has 0 radical (unpaired) electrons. The van der Waals surface area contributed by atoms with Crippen molar-refractivity contribution in [1.29, 1.82) is 0 Å². The molecule has 5 aliphatic rings. The molecule has 0 unspecified atom stereocenters. The van der Waals surface area contributed by atoms with Crippen molar-refractivity contribution in [2.24, 2.45) is 33.3 Å². The van der Waals surface area contributed by atoms with Crippen molar-refractivity contribution in [1.82, 2.24) is 0 Å². The lowest BCUT2D eigenvalue weighted by Gasteiger charge is -2.56. The summed E-state index contributed by atoms with van der Waals surface area (Å²) >= 11 is 0. The topological polar surface area (TPSA) is 89.6 Å². The van der Waals surface area contributed by atoms with Gasteiger partial charge in [-0.2, -0.15) is 0 Å². The van der Waals surface area contributed by atoms with Gasteiger partial charge in [0.2, 0.25) is 10.0 Å². The van der Waals surface area contributed by atoms with Crippen LogP contribution in [0.15, 0.2) is 28.1 Å². The van der Waals surface area contributed by atoms with Gasteiger partial charge in [-0.25, -0.2) is 13.6 Å². The van der Waals surface area contributed by atoms with Crippen molar-refractivity contribution in [3.05, 3.63) is 29.3 Å². The number of carbonyl (C=O) groups excluding carboxylic acids is 1. The minimum Gasteiger partial charge on any atom is -0.299 e. The molecule has 6 rings (SSSR count). The van der Waals surface area contributed by atoms with E-state index in [1.165, 1.54) is 19.3 Å². The van der Waals surface area contributed by atoms with Crippen molar-refractivity contribution < 1.29 is 13.2 Å². The number of Topliss-reactive ketones (excluding diaryl/α,β-unsaturated/α-hetero) is 1. The number of hydrogen-bond acceptors (Lipinski definition) is 4. The summed E-state index contributed by atoms with van der Waals surface area (Å²) in [5.74, 6) is 2.48. The van der Waals surface area contributed by atoms with Crippen LogP contribution in [0, 0.1) is 23.2 Å². The maximum absolute atomic E-state index is 13.6. The number of carbonyl (C=O) groups is 1. The van der Waals surface area contributed by atoms with Gasteiger partial charge >= 0.3 is 0 Å². The first kappa shape index (κ1) is 19.4. The van der Waals surface area contributed by atoms with Crippen LogP contribution in [0.2, 0.25) is 0 Å². The minimum atomic E-state index is -3.79. The third-order valence-electron chi connectivity index (χ3n) is 7.74. The predicted octanol–water partition coefficient (Wildman–Crippen LogP) is 3.63. The Bertz CT molecular complexity index is 987. The SMILES string of the molecule is CC1(C)Cc2ccc(S(N)(=O)=O)cc2C(CC(=O)C23CC4CC(CC(C4)C2)C3)=N1. The first-order valence-corrected chi connectivity index (χ1v) is 12.4. The van der Waals surface area contributed by atoms with Gasteiger partial charge in [-0.3, -0.25) is 9.79 Å². The summed E-state index contributed by atoms with van der Waals surface area (Å²) in [5, 5.41) is 5.36. The molecule has 156 valence electrons. The Morgan fingerprint density at radius 3 is 2.24 bits per heavy atom. The van der Waals surface area contributed by atoms with E-state index in [9.17, 15) is 13.2 Å². The number of sulfonamides is 1. The summed E-state index contributed by atoms with van der Waals surface area (Å²) in [4.78, 5) is 18.6. The van der Waals surface area contributed by atoms with Gasteiger partial charge in [0, 0.05) is 17.4 Å². The van der Waals surface area contributed by atoms with E-state index in [4.69, 9.17) is 10.1 Å². The van der Waals surface area contributed by atoms with Crippen molar-refractivity contribution in [2.45, 2.75) is 75.6 Å². The highest BCUT2D eigenvalue weighted by Gasteiger charge is 2.54. The molecule has 2 N–H and O–H groups in total. The van der Waals surface area contributed by atoms with Crippen LogP contribution in [0.25, 0.3) is 0 Å². The summed E-state index contributed by atoms with van der Waals surface area (Å²) < 4.78 is 23.8. The molecule has 4 bridgehead atoms. The largest absolute Gasteiger partial charge is 0.299 e. The zero-order valence-corrected chi connectivity index (χ0v) is 18.1. The van der Waals surface area contributed by atoms with E-state index < -0.39 is 10.0 Å². The highest BCUT2D eigenvalue weighted by molar-refractivity contribution is 7.89. The lowest BCUT2D eigenvalue weighted by atomic mass is 9.48. The quantitative estimate of drug-likeness (QED) is 0.816. The van der Waals surface area contributed by atoms with Crippen LogP contribution in [0.3, 0.4) is 0 Å². The van der Waals surface area contributed by atoms with Crippen LogP contribution >= 0.6 is 0 Å². The number of hydrogen-bond donors (Lipinski definition) is 1. The number of nitrogens with zero attached hydrogens (tertiary/aromatic N) is 1. The molecule has 4 aliphatic carbocycles. The van der Waals surface area contributed by atoms with Crippen molar-refractivity contribution in [3.63, 3.8) is 0 Å².